The predicted octanol–water partition coefficient (Wildman–Crippen LogP) is 1.61. The van der Waals surface area contributed by atoms with Gasteiger partial charge in [0.25, 0.3) is 0 Å². The minimum absolute atomic E-state index is 0.423. The summed E-state index contributed by atoms with van der Waals surface area (Å²) >= 11 is 0. The summed E-state index contributed by atoms with van der Waals surface area (Å²) in [6.45, 7) is 4.17. The van der Waals surface area contributed by atoms with E-state index in [1.807, 2.05) is 6.07 Å². The molecule has 0 atom stereocenters. The Morgan fingerprint density at radius 1 is 1.45 bits per heavy atom. The average molecular weight is 152 g/mol. The molecule has 3 nitrogen and oxygen atoms in total. The zero-order valence-electron chi connectivity index (χ0n) is 7.03. The van der Waals surface area contributed by atoms with Gasteiger partial charge in [-0.1, -0.05) is 13.8 Å². The van der Waals surface area contributed by atoms with Crippen LogP contribution >= 0.6 is 0 Å². The monoisotopic (exact) mass is 152 g/mol. The molecule has 0 saturated heterocycles. The third-order valence-electron chi connectivity index (χ3n) is 1.43. The maximum atomic E-state index is 4.88. The van der Waals surface area contributed by atoms with E-state index in [0.717, 1.165) is 5.69 Å². The van der Waals surface area contributed by atoms with E-state index in [0.29, 0.717) is 11.9 Å². The molecule has 1 heterocycles. The van der Waals surface area contributed by atoms with Crippen LogP contribution in [0.25, 0.3) is 0 Å². The standard InChI is InChI=1S/C8H12N2O/c1-6(2)7-4-5-9-8(10-7)11-3/h4-6H,1-3H3. The van der Waals surface area contributed by atoms with Crippen LogP contribution in [0.1, 0.15) is 25.5 Å². The van der Waals surface area contributed by atoms with Crippen LogP contribution in [0, 0.1) is 0 Å². The van der Waals surface area contributed by atoms with Crippen LogP contribution in [-0.2, 0) is 0 Å². The Morgan fingerprint density at radius 2 is 2.18 bits per heavy atom. The molecule has 1 aromatic rings. The third kappa shape index (κ3) is 1.90. The zero-order chi connectivity index (χ0) is 8.27. The van der Waals surface area contributed by atoms with Gasteiger partial charge in [-0.2, -0.15) is 0 Å². The average Bonchev–Trinajstić information content (AvgIpc) is 2.05. The summed E-state index contributed by atoms with van der Waals surface area (Å²) < 4.78 is 4.88. The van der Waals surface area contributed by atoms with Crippen molar-refractivity contribution < 1.29 is 4.74 Å². The number of rotatable bonds is 2. The lowest BCUT2D eigenvalue weighted by atomic mass is 10.1. The van der Waals surface area contributed by atoms with Crippen molar-refractivity contribution >= 4 is 0 Å². The van der Waals surface area contributed by atoms with Gasteiger partial charge in [0.05, 0.1) is 12.8 Å². The van der Waals surface area contributed by atoms with Gasteiger partial charge in [-0.05, 0) is 12.0 Å². The van der Waals surface area contributed by atoms with Crippen molar-refractivity contribution in [2.45, 2.75) is 19.8 Å². The summed E-state index contributed by atoms with van der Waals surface area (Å²) in [6.07, 6.45) is 1.71. The van der Waals surface area contributed by atoms with Crippen molar-refractivity contribution in [2.75, 3.05) is 7.11 Å². The Kier molecular flexibility index (Phi) is 2.41. The molecule has 1 rings (SSSR count). The number of hydrogen-bond donors (Lipinski definition) is 0. The van der Waals surface area contributed by atoms with Crippen molar-refractivity contribution in [2.24, 2.45) is 0 Å². The lowest BCUT2D eigenvalue weighted by molar-refractivity contribution is 0.377. The number of aromatic nitrogens is 2. The van der Waals surface area contributed by atoms with Crippen LogP contribution in [-0.4, -0.2) is 17.1 Å². The first-order valence-corrected chi connectivity index (χ1v) is 3.61. The van der Waals surface area contributed by atoms with Gasteiger partial charge in [0.15, 0.2) is 0 Å². The number of methoxy groups -OCH3 is 1. The Hall–Kier alpha value is -1.12. The molecule has 0 bridgehead atoms. The molecular weight excluding hydrogens is 140 g/mol. The molecule has 0 N–H and O–H groups in total. The first kappa shape index (κ1) is 7.98. The second-order valence-electron chi connectivity index (χ2n) is 2.62. The zero-order valence-corrected chi connectivity index (χ0v) is 7.03. The molecule has 0 aliphatic rings. The van der Waals surface area contributed by atoms with Crippen molar-refractivity contribution in [3.05, 3.63) is 18.0 Å². The van der Waals surface area contributed by atoms with Gasteiger partial charge in [-0.15, -0.1) is 0 Å². The van der Waals surface area contributed by atoms with Crippen molar-refractivity contribution in [1.82, 2.24) is 9.97 Å². The fraction of sp³-hybridized carbons (Fsp3) is 0.500. The molecule has 0 aliphatic heterocycles. The van der Waals surface area contributed by atoms with E-state index in [2.05, 4.69) is 23.8 Å². The molecule has 11 heavy (non-hydrogen) atoms. The van der Waals surface area contributed by atoms with Crippen molar-refractivity contribution in [3.63, 3.8) is 0 Å². The number of nitrogens with zero attached hydrogens (tertiary/aromatic N) is 2. The lowest BCUT2D eigenvalue weighted by Crippen LogP contribution is -1.97. The molecule has 1 aromatic heterocycles. The maximum absolute atomic E-state index is 4.88. The number of hydrogen-bond acceptors (Lipinski definition) is 3. The molecule has 0 saturated carbocycles. The molecule has 0 radical (unpaired) electrons. The van der Waals surface area contributed by atoms with Gasteiger partial charge < -0.3 is 4.74 Å². The molecule has 0 amide bonds. The lowest BCUT2D eigenvalue weighted by Gasteiger charge is -2.03. The summed E-state index contributed by atoms with van der Waals surface area (Å²) in [6, 6.07) is 2.34. The van der Waals surface area contributed by atoms with Crippen molar-refractivity contribution in [1.29, 1.82) is 0 Å². The second-order valence-corrected chi connectivity index (χ2v) is 2.62. The highest BCUT2D eigenvalue weighted by Gasteiger charge is 2.01. The SMILES string of the molecule is COc1nccc(C(C)C)n1. The molecular formula is C8H12N2O. The quantitative estimate of drug-likeness (QED) is 0.645. The largest absolute Gasteiger partial charge is 0.467 e. The van der Waals surface area contributed by atoms with Crippen LogP contribution in [0.3, 0.4) is 0 Å². The summed E-state index contributed by atoms with van der Waals surface area (Å²) in [4.78, 5) is 8.06. The Bertz CT molecular complexity index is 235. The second kappa shape index (κ2) is 3.32. The van der Waals surface area contributed by atoms with E-state index >= 15 is 0 Å². The normalized spacial score (nSPS) is 10.2. The summed E-state index contributed by atoms with van der Waals surface area (Å²) in [7, 11) is 1.57. The highest BCUT2D eigenvalue weighted by atomic mass is 16.5. The summed E-state index contributed by atoms with van der Waals surface area (Å²) in [5.41, 5.74) is 1.01. The van der Waals surface area contributed by atoms with Crippen LogP contribution in [0.4, 0.5) is 0 Å². The molecule has 0 aliphatic carbocycles. The summed E-state index contributed by atoms with van der Waals surface area (Å²) in [5, 5.41) is 0. The van der Waals surface area contributed by atoms with Crippen LogP contribution in [0.15, 0.2) is 12.3 Å². The topological polar surface area (TPSA) is 35.0 Å². The van der Waals surface area contributed by atoms with Crippen molar-refractivity contribution in [3.8, 4) is 6.01 Å². The van der Waals surface area contributed by atoms with E-state index < -0.39 is 0 Å². The minimum Gasteiger partial charge on any atom is -0.467 e. The van der Waals surface area contributed by atoms with Crippen LogP contribution in [0.5, 0.6) is 6.01 Å². The fourth-order valence-corrected chi connectivity index (χ4v) is 0.774. The van der Waals surface area contributed by atoms with Gasteiger partial charge in [0.1, 0.15) is 0 Å². The molecule has 0 fully saturated rings. The fourth-order valence-electron chi connectivity index (χ4n) is 0.774. The van der Waals surface area contributed by atoms with Crippen LogP contribution in [0.2, 0.25) is 0 Å². The smallest absolute Gasteiger partial charge is 0.316 e. The van der Waals surface area contributed by atoms with Gasteiger partial charge in [-0.3, -0.25) is 0 Å². The van der Waals surface area contributed by atoms with Gasteiger partial charge in [-0.25, -0.2) is 9.97 Å². The Morgan fingerprint density at radius 3 is 2.73 bits per heavy atom. The highest BCUT2D eigenvalue weighted by molar-refractivity contribution is 5.08. The predicted molar refractivity (Wildman–Crippen MR) is 42.7 cm³/mol. The molecule has 0 unspecified atom stereocenters. The van der Waals surface area contributed by atoms with E-state index in [9.17, 15) is 0 Å². The van der Waals surface area contributed by atoms with Gasteiger partial charge >= 0.3 is 6.01 Å². The molecule has 0 aromatic carbocycles. The first-order valence-electron chi connectivity index (χ1n) is 3.61. The molecule has 3 heteroatoms. The van der Waals surface area contributed by atoms with E-state index in [-0.39, 0.29) is 0 Å². The van der Waals surface area contributed by atoms with Gasteiger partial charge in [0, 0.05) is 6.20 Å². The summed E-state index contributed by atoms with van der Waals surface area (Å²) in [5.74, 6) is 0.423. The first-order chi connectivity index (χ1) is 5.24. The van der Waals surface area contributed by atoms with E-state index in [1.54, 1.807) is 13.3 Å². The highest BCUT2D eigenvalue weighted by Crippen LogP contribution is 2.12. The van der Waals surface area contributed by atoms with Crippen LogP contribution < -0.4 is 4.74 Å². The minimum atomic E-state index is 0.423. The Balaban J connectivity index is 2.91. The molecule has 60 valence electrons. The van der Waals surface area contributed by atoms with Gasteiger partial charge in [0.2, 0.25) is 0 Å². The number of ether oxygens (including phenoxy) is 1. The van der Waals surface area contributed by atoms with E-state index in [1.165, 1.54) is 0 Å². The third-order valence-corrected chi connectivity index (χ3v) is 1.43. The Labute approximate surface area is 66.4 Å². The van der Waals surface area contributed by atoms with E-state index in [4.69, 9.17) is 4.74 Å². The molecule has 0 spiro atoms. The maximum Gasteiger partial charge on any atom is 0.316 e.